The first kappa shape index (κ1) is 18.9. The van der Waals surface area contributed by atoms with Crippen LogP contribution in [-0.4, -0.2) is 41.6 Å². The molecule has 1 aromatic carbocycles. The molecule has 9 nitrogen and oxygen atoms in total. The number of nitrogens with two attached hydrogens (primary N) is 1. The number of aliphatic carboxylic acids is 1. The lowest BCUT2D eigenvalue weighted by atomic mass is 10.1. The third-order valence-corrected chi connectivity index (χ3v) is 2.91. The van der Waals surface area contributed by atoms with Crippen LogP contribution in [0.2, 0.25) is 0 Å². The van der Waals surface area contributed by atoms with Gasteiger partial charge in [-0.15, -0.1) is 0 Å². The van der Waals surface area contributed by atoms with E-state index in [1.54, 1.807) is 24.3 Å². The SMILES string of the molecule is NC(=O)CC[C@@H](NC(=O)OCc1ccccc1)C(=O)NCC(=O)O. The molecule has 0 aromatic heterocycles. The molecule has 1 rings (SSSR count). The molecule has 5 N–H and O–H groups in total. The highest BCUT2D eigenvalue weighted by Gasteiger charge is 2.22. The number of carboxylic acid groups (broad SMARTS) is 1. The van der Waals surface area contributed by atoms with Crippen LogP contribution in [0.25, 0.3) is 0 Å². The van der Waals surface area contributed by atoms with Gasteiger partial charge in [0.25, 0.3) is 0 Å². The van der Waals surface area contributed by atoms with Gasteiger partial charge >= 0.3 is 12.1 Å². The summed E-state index contributed by atoms with van der Waals surface area (Å²) >= 11 is 0. The van der Waals surface area contributed by atoms with Crippen LogP contribution in [0.3, 0.4) is 0 Å². The molecule has 0 aliphatic rings. The maximum atomic E-state index is 11.9. The molecule has 0 spiro atoms. The molecule has 0 aliphatic heterocycles. The Morgan fingerprint density at radius 1 is 1.17 bits per heavy atom. The number of ether oxygens (including phenoxy) is 1. The van der Waals surface area contributed by atoms with Crippen LogP contribution in [0.5, 0.6) is 0 Å². The molecule has 0 unspecified atom stereocenters. The normalized spacial score (nSPS) is 11.2. The van der Waals surface area contributed by atoms with Crippen LogP contribution < -0.4 is 16.4 Å². The van der Waals surface area contributed by atoms with Crippen molar-refractivity contribution < 1.29 is 29.0 Å². The van der Waals surface area contributed by atoms with E-state index in [1.807, 2.05) is 6.07 Å². The number of carboxylic acids is 1. The van der Waals surface area contributed by atoms with Crippen molar-refractivity contribution >= 4 is 23.9 Å². The zero-order chi connectivity index (χ0) is 17.9. The molecule has 9 heteroatoms. The van der Waals surface area contributed by atoms with Crippen molar-refractivity contribution in [3.8, 4) is 0 Å². The van der Waals surface area contributed by atoms with E-state index in [4.69, 9.17) is 15.6 Å². The number of hydrogen-bond donors (Lipinski definition) is 4. The first-order valence-electron chi connectivity index (χ1n) is 7.13. The number of nitrogens with one attached hydrogen (secondary N) is 2. The summed E-state index contributed by atoms with van der Waals surface area (Å²) in [5, 5.41) is 13.0. The first-order chi connectivity index (χ1) is 11.4. The average molecular weight is 337 g/mol. The van der Waals surface area contributed by atoms with Crippen molar-refractivity contribution in [2.45, 2.75) is 25.5 Å². The lowest BCUT2D eigenvalue weighted by Crippen LogP contribution is -2.48. The Kier molecular flexibility index (Phi) is 7.76. The van der Waals surface area contributed by atoms with E-state index in [9.17, 15) is 19.2 Å². The Morgan fingerprint density at radius 2 is 1.83 bits per heavy atom. The summed E-state index contributed by atoms with van der Waals surface area (Å²) in [6.07, 6.45) is -1.08. The first-order valence-corrected chi connectivity index (χ1v) is 7.13. The quantitative estimate of drug-likeness (QED) is 0.488. The topological polar surface area (TPSA) is 148 Å². The van der Waals surface area contributed by atoms with Crippen molar-refractivity contribution in [3.63, 3.8) is 0 Å². The Bertz CT molecular complexity index is 590. The zero-order valence-corrected chi connectivity index (χ0v) is 12.9. The van der Waals surface area contributed by atoms with E-state index in [0.29, 0.717) is 0 Å². The lowest BCUT2D eigenvalue weighted by Gasteiger charge is -2.17. The molecular formula is C15H19N3O6. The summed E-state index contributed by atoms with van der Waals surface area (Å²) < 4.78 is 4.98. The molecule has 0 bridgehead atoms. The number of primary amides is 1. The van der Waals surface area contributed by atoms with Crippen molar-refractivity contribution in [1.29, 1.82) is 0 Å². The molecule has 0 fully saturated rings. The summed E-state index contributed by atoms with van der Waals surface area (Å²) in [5.74, 6) is -2.62. The summed E-state index contributed by atoms with van der Waals surface area (Å²) in [6.45, 7) is -0.599. The second-order valence-corrected chi connectivity index (χ2v) is 4.88. The van der Waals surface area contributed by atoms with E-state index < -0.39 is 36.5 Å². The summed E-state index contributed by atoms with van der Waals surface area (Å²) in [4.78, 5) is 45.0. The number of carbonyl (C=O) groups is 4. The molecule has 0 aliphatic carbocycles. The van der Waals surface area contributed by atoms with Gasteiger partial charge in [0.1, 0.15) is 19.2 Å². The Balaban J connectivity index is 2.55. The summed E-state index contributed by atoms with van der Waals surface area (Å²) in [5.41, 5.74) is 5.78. The predicted octanol–water partition coefficient (Wildman–Crippen LogP) is -0.252. The van der Waals surface area contributed by atoms with Gasteiger partial charge in [-0.1, -0.05) is 30.3 Å². The molecule has 0 saturated heterocycles. The van der Waals surface area contributed by atoms with Crippen molar-refractivity contribution in [1.82, 2.24) is 10.6 Å². The van der Waals surface area contributed by atoms with E-state index in [-0.39, 0.29) is 19.4 Å². The Hall–Kier alpha value is -3.10. The van der Waals surface area contributed by atoms with Crippen LogP contribution >= 0.6 is 0 Å². The molecular weight excluding hydrogens is 318 g/mol. The van der Waals surface area contributed by atoms with Gasteiger partial charge < -0.3 is 26.2 Å². The molecule has 3 amide bonds. The van der Waals surface area contributed by atoms with Crippen LogP contribution in [0.15, 0.2) is 30.3 Å². The second kappa shape index (κ2) is 9.82. The van der Waals surface area contributed by atoms with Gasteiger partial charge in [0.15, 0.2) is 0 Å². The number of hydrogen-bond acceptors (Lipinski definition) is 5. The Labute approximate surface area is 138 Å². The van der Waals surface area contributed by atoms with Gasteiger partial charge in [-0.05, 0) is 12.0 Å². The van der Waals surface area contributed by atoms with Crippen molar-refractivity contribution in [2.24, 2.45) is 5.73 Å². The van der Waals surface area contributed by atoms with Crippen molar-refractivity contribution in [2.75, 3.05) is 6.54 Å². The number of benzene rings is 1. The number of amides is 3. The summed E-state index contributed by atoms with van der Waals surface area (Å²) in [7, 11) is 0. The molecule has 0 saturated carbocycles. The minimum absolute atomic E-state index is 0.00591. The molecule has 130 valence electrons. The standard InChI is InChI=1S/C15H19N3O6/c16-12(19)7-6-11(14(22)17-8-13(20)21)18-15(23)24-9-10-4-2-1-3-5-10/h1-5,11H,6-9H2,(H2,16,19)(H,17,22)(H,18,23)(H,20,21)/t11-/m1/s1. The third kappa shape index (κ3) is 7.78. The maximum Gasteiger partial charge on any atom is 0.408 e. The molecule has 1 aromatic rings. The van der Waals surface area contributed by atoms with Gasteiger partial charge in [0, 0.05) is 6.42 Å². The fourth-order valence-electron chi connectivity index (χ4n) is 1.75. The highest BCUT2D eigenvalue weighted by molar-refractivity contribution is 5.88. The second-order valence-electron chi connectivity index (χ2n) is 4.88. The van der Waals surface area contributed by atoms with E-state index in [2.05, 4.69) is 10.6 Å². The van der Waals surface area contributed by atoms with E-state index >= 15 is 0 Å². The fraction of sp³-hybridized carbons (Fsp3) is 0.333. The number of carbonyl (C=O) groups excluding carboxylic acids is 3. The molecule has 0 heterocycles. The van der Waals surface area contributed by atoms with Gasteiger partial charge in [-0.25, -0.2) is 4.79 Å². The highest BCUT2D eigenvalue weighted by atomic mass is 16.5. The molecule has 1 atom stereocenters. The number of alkyl carbamates (subject to hydrolysis) is 1. The average Bonchev–Trinajstić information content (AvgIpc) is 2.55. The van der Waals surface area contributed by atoms with E-state index in [0.717, 1.165) is 5.56 Å². The predicted molar refractivity (Wildman–Crippen MR) is 82.6 cm³/mol. The van der Waals surface area contributed by atoms with Crippen LogP contribution in [0.1, 0.15) is 18.4 Å². The lowest BCUT2D eigenvalue weighted by molar-refractivity contribution is -0.138. The minimum atomic E-state index is -1.23. The summed E-state index contributed by atoms with van der Waals surface area (Å²) in [6, 6.07) is 7.78. The largest absolute Gasteiger partial charge is 0.480 e. The third-order valence-electron chi connectivity index (χ3n) is 2.91. The van der Waals surface area contributed by atoms with Crippen LogP contribution in [-0.2, 0) is 25.7 Å². The fourth-order valence-corrected chi connectivity index (χ4v) is 1.75. The molecule has 24 heavy (non-hydrogen) atoms. The zero-order valence-electron chi connectivity index (χ0n) is 12.9. The van der Waals surface area contributed by atoms with Gasteiger partial charge in [0.2, 0.25) is 11.8 Å². The van der Waals surface area contributed by atoms with E-state index in [1.165, 1.54) is 0 Å². The maximum absolute atomic E-state index is 11.9. The van der Waals surface area contributed by atoms with Crippen molar-refractivity contribution in [3.05, 3.63) is 35.9 Å². The van der Waals surface area contributed by atoms with Gasteiger partial charge in [-0.3, -0.25) is 14.4 Å². The Morgan fingerprint density at radius 3 is 2.42 bits per heavy atom. The highest BCUT2D eigenvalue weighted by Crippen LogP contribution is 2.02. The smallest absolute Gasteiger partial charge is 0.408 e. The van der Waals surface area contributed by atoms with Gasteiger partial charge in [-0.2, -0.15) is 0 Å². The minimum Gasteiger partial charge on any atom is -0.480 e. The number of rotatable bonds is 9. The van der Waals surface area contributed by atoms with Crippen LogP contribution in [0.4, 0.5) is 4.79 Å². The molecule has 0 radical (unpaired) electrons. The monoisotopic (exact) mass is 337 g/mol. The van der Waals surface area contributed by atoms with Crippen LogP contribution in [0, 0.1) is 0 Å². The van der Waals surface area contributed by atoms with Gasteiger partial charge in [0.05, 0.1) is 0 Å².